The van der Waals surface area contributed by atoms with Crippen LogP contribution in [0.1, 0.15) is 26.4 Å². The Kier molecular flexibility index (Phi) is 6.92. The summed E-state index contributed by atoms with van der Waals surface area (Å²) in [5.41, 5.74) is 0.753. The van der Waals surface area contributed by atoms with Crippen molar-refractivity contribution in [1.82, 2.24) is 30.3 Å². The second-order valence-electron chi connectivity index (χ2n) is 8.05. The maximum atomic E-state index is 14.7. The zero-order chi connectivity index (χ0) is 26.6. The first-order valence-electron chi connectivity index (χ1n) is 11.2. The minimum Gasteiger partial charge on any atom is -0.346 e. The van der Waals surface area contributed by atoms with Crippen LogP contribution in [0.3, 0.4) is 0 Å². The van der Waals surface area contributed by atoms with Crippen molar-refractivity contribution in [3.63, 3.8) is 0 Å². The van der Waals surface area contributed by atoms with Crippen molar-refractivity contribution in [2.45, 2.75) is 6.54 Å². The number of amides is 2. The molecule has 12 heteroatoms. The van der Waals surface area contributed by atoms with E-state index in [4.69, 9.17) is 11.6 Å². The summed E-state index contributed by atoms with van der Waals surface area (Å²) < 4.78 is 30.3. The van der Waals surface area contributed by atoms with Gasteiger partial charge in [0.25, 0.3) is 11.8 Å². The highest BCUT2D eigenvalue weighted by Crippen LogP contribution is 2.30. The first-order chi connectivity index (χ1) is 18.4. The van der Waals surface area contributed by atoms with E-state index < -0.39 is 23.4 Å². The van der Waals surface area contributed by atoms with Gasteiger partial charge in [-0.1, -0.05) is 29.8 Å². The summed E-state index contributed by atoms with van der Waals surface area (Å²) in [5.74, 6) is -2.65. The first-order valence-corrected chi connectivity index (χ1v) is 11.6. The number of benzene rings is 2. The standard InChI is InChI=1S/C26H18ClF2N7O2/c27-19-10-21(29)18(24-20(28)7-4-8-30-24)9-17(19)25(37)34-23-11-22(26(38)31-12-15-13-32-33-14-15)35-36(23)16-5-2-1-3-6-16/h1-11,13-14H,12H2,(H,31,38)(H,32,33)(H,34,37). The average Bonchev–Trinajstić information content (AvgIpc) is 3.59. The van der Waals surface area contributed by atoms with E-state index >= 15 is 0 Å². The zero-order valence-corrected chi connectivity index (χ0v) is 20.2. The SMILES string of the molecule is O=C(NCc1cn[nH]c1)c1cc(NC(=O)c2cc(-c3ncccc3F)c(F)cc2Cl)n(-c2ccccc2)n1. The van der Waals surface area contributed by atoms with E-state index in [1.54, 1.807) is 42.7 Å². The lowest BCUT2D eigenvalue weighted by molar-refractivity contribution is 0.0944. The van der Waals surface area contributed by atoms with Gasteiger partial charge in [-0.3, -0.25) is 19.7 Å². The van der Waals surface area contributed by atoms with Crippen LogP contribution in [0.4, 0.5) is 14.6 Å². The quantitative estimate of drug-likeness (QED) is 0.278. The molecule has 2 amide bonds. The molecule has 9 nitrogen and oxygen atoms in total. The van der Waals surface area contributed by atoms with Crippen molar-refractivity contribution in [3.8, 4) is 16.9 Å². The normalized spacial score (nSPS) is 10.8. The molecular weight excluding hydrogens is 516 g/mol. The van der Waals surface area contributed by atoms with Crippen molar-refractivity contribution >= 4 is 29.2 Å². The number of nitrogens with one attached hydrogen (secondary N) is 3. The first kappa shape index (κ1) is 24.8. The highest BCUT2D eigenvalue weighted by Gasteiger charge is 2.22. The number of pyridine rings is 1. The van der Waals surface area contributed by atoms with Crippen molar-refractivity contribution in [1.29, 1.82) is 0 Å². The van der Waals surface area contributed by atoms with Crippen LogP contribution in [-0.4, -0.2) is 36.8 Å². The number of aromatic amines is 1. The van der Waals surface area contributed by atoms with Crippen molar-refractivity contribution in [3.05, 3.63) is 113 Å². The molecule has 0 aliphatic rings. The Balaban J connectivity index is 1.47. The number of carbonyl (C=O) groups excluding carboxylic acids is 2. The fourth-order valence-electron chi connectivity index (χ4n) is 3.67. The maximum Gasteiger partial charge on any atom is 0.272 e. The molecule has 0 saturated carbocycles. The number of nitrogens with zero attached hydrogens (tertiary/aromatic N) is 4. The Bertz CT molecular complexity index is 1620. The highest BCUT2D eigenvalue weighted by molar-refractivity contribution is 6.34. The van der Waals surface area contributed by atoms with E-state index in [1.165, 1.54) is 23.0 Å². The van der Waals surface area contributed by atoms with Gasteiger partial charge in [0.15, 0.2) is 5.69 Å². The second-order valence-corrected chi connectivity index (χ2v) is 8.46. The van der Waals surface area contributed by atoms with E-state index in [0.717, 1.165) is 23.8 Å². The molecule has 3 N–H and O–H groups in total. The number of anilines is 1. The number of hydrogen-bond acceptors (Lipinski definition) is 5. The van der Waals surface area contributed by atoms with Gasteiger partial charge >= 0.3 is 0 Å². The van der Waals surface area contributed by atoms with Gasteiger partial charge in [-0.2, -0.15) is 10.2 Å². The minimum absolute atomic E-state index is 0.0362. The number of H-pyrrole nitrogens is 1. The Morgan fingerprint density at radius 3 is 2.55 bits per heavy atom. The highest BCUT2D eigenvalue weighted by atomic mass is 35.5. The molecule has 0 fully saturated rings. The van der Waals surface area contributed by atoms with Gasteiger partial charge in [-0.25, -0.2) is 13.5 Å². The van der Waals surface area contributed by atoms with E-state index in [1.807, 2.05) is 0 Å². The molecule has 2 aromatic carbocycles. The lowest BCUT2D eigenvalue weighted by Gasteiger charge is -2.11. The molecule has 190 valence electrons. The fourth-order valence-corrected chi connectivity index (χ4v) is 3.90. The molecule has 0 saturated heterocycles. The summed E-state index contributed by atoms with van der Waals surface area (Å²) in [5, 5.41) is 16.1. The van der Waals surface area contributed by atoms with Gasteiger partial charge in [0.1, 0.15) is 23.1 Å². The minimum atomic E-state index is -0.838. The van der Waals surface area contributed by atoms with Crippen LogP contribution < -0.4 is 10.6 Å². The molecule has 3 heterocycles. The number of para-hydroxylation sites is 1. The van der Waals surface area contributed by atoms with Crippen LogP contribution in [0.15, 0.2) is 79.3 Å². The van der Waals surface area contributed by atoms with E-state index in [2.05, 4.69) is 30.9 Å². The third-order valence-corrected chi connectivity index (χ3v) is 5.82. The summed E-state index contributed by atoms with van der Waals surface area (Å²) in [6.45, 7) is 0.216. The molecule has 0 spiro atoms. The molecule has 0 radical (unpaired) electrons. The number of carbonyl (C=O) groups is 2. The number of rotatable bonds is 7. The average molecular weight is 534 g/mol. The molecule has 0 aliphatic heterocycles. The number of hydrogen-bond donors (Lipinski definition) is 3. The van der Waals surface area contributed by atoms with Crippen molar-refractivity contribution in [2.24, 2.45) is 0 Å². The maximum absolute atomic E-state index is 14.7. The molecule has 0 atom stereocenters. The van der Waals surface area contributed by atoms with E-state index in [9.17, 15) is 18.4 Å². The van der Waals surface area contributed by atoms with Crippen LogP contribution in [0.2, 0.25) is 5.02 Å². The Morgan fingerprint density at radius 1 is 1.00 bits per heavy atom. The monoisotopic (exact) mass is 533 g/mol. The zero-order valence-electron chi connectivity index (χ0n) is 19.5. The molecular formula is C26H18ClF2N7O2. The van der Waals surface area contributed by atoms with Crippen molar-refractivity contribution in [2.75, 3.05) is 5.32 Å². The summed E-state index contributed by atoms with van der Waals surface area (Å²) in [7, 11) is 0. The molecule has 38 heavy (non-hydrogen) atoms. The van der Waals surface area contributed by atoms with Crippen LogP contribution >= 0.6 is 11.6 Å². The fraction of sp³-hybridized carbons (Fsp3) is 0.0385. The van der Waals surface area contributed by atoms with Crippen LogP contribution in [0, 0.1) is 11.6 Å². The summed E-state index contributed by atoms with van der Waals surface area (Å²) >= 11 is 6.18. The molecule has 5 rings (SSSR count). The number of halogens is 3. The lowest BCUT2D eigenvalue weighted by Crippen LogP contribution is -2.23. The number of aromatic nitrogens is 5. The summed E-state index contributed by atoms with van der Waals surface area (Å²) in [6.07, 6.45) is 4.53. The summed E-state index contributed by atoms with van der Waals surface area (Å²) in [6, 6.07) is 14.8. The van der Waals surface area contributed by atoms with Gasteiger partial charge < -0.3 is 10.6 Å². The smallest absolute Gasteiger partial charge is 0.272 e. The Hall–Kier alpha value is -4.90. The topological polar surface area (TPSA) is 118 Å². The van der Waals surface area contributed by atoms with Gasteiger partial charge in [-0.15, -0.1) is 0 Å². The van der Waals surface area contributed by atoms with Crippen LogP contribution in [-0.2, 0) is 6.54 Å². The van der Waals surface area contributed by atoms with Crippen LogP contribution in [0.5, 0.6) is 0 Å². The van der Waals surface area contributed by atoms with Crippen molar-refractivity contribution < 1.29 is 18.4 Å². The molecule has 5 aromatic rings. The van der Waals surface area contributed by atoms with Gasteiger partial charge in [0, 0.05) is 36.1 Å². The van der Waals surface area contributed by atoms with Gasteiger partial charge in [-0.05, 0) is 36.4 Å². The largest absolute Gasteiger partial charge is 0.346 e. The molecule has 0 aliphatic carbocycles. The molecule has 0 bridgehead atoms. The molecule has 3 aromatic heterocycles. The molecule has 0 unspecified atom stereocenters. The van der Waals surface area contributed by atoms with E-state index in [-0.39, 0.29) is 39.9 Å². The second kappa shape index (κ2) is 10.6. The third-order valence-electron chi connectivity index (χ3n) is 5.51. The predicted octanol–water partition coefficient (Wildman–Crippen LogP) is 4.77. The van der Waals surface area contributed by atoms with Crippen LogP contribution in [0.25, 0.3) is 16.9 Å². The Labute approximate surface area is 219 Å². The predicted molar refractivity (Wildman–Crippen MR) is 136 cm³/mol. The third kappa shape index (κ3) is 5.13. The Morgan fingerprint density at radius 2 is 1.82 bits per heavy atom. The summed E-state index contributed by atoms with van der Waals surface area (Å²) in [4.78, 5) is 29.9. The van der Waals surface area contributed by atoms with E-state index in [0.29, 0.717) is 5.69 Å². The van der Waals surface area contributed by atoms with Gasteiger partial charge in [0.05, 0.1) is 22.5 Å². The lowest BCUT2D eigenvalue weighted by atomic mass is 10.1. The van der Waals surface area contributed by atoms with Gasteiger partial charge in [0.2, 0.25) is 0 Å².